The van der Waals surface area contributed by atoms with Crippen LogP contribution in [0.5, 0.6) is 0 Å². The number of benzene rings is 1. The van der Waals surface area contributed by atoms with Crippen molar-refractivity contribution in [2.45, 2.75) is 32.6 Å². The lowest BCUT2D eigenvalue weighted by Crippen LogP contribution is -2.33. The van der Waals surface area contributed by atoms with Gasteiger partial charge in [-0.25, -0.2) is 0 Å². The van der Waals surface area contributed by atoms with E-state index in [4.69, 9.17) is 22.1 Å². The first kappa shape index (κ1) is 18.0. The van der Waals surface area contributed by atoms with Gasteiger partial charge >= 0.3 is 0 Å². The molecular formula is C18H16ClN3O4. The average molecular weight is 374 g/mol. The van der Waals surface area contributed by atoms with E-state index in [0.29, 0.717) is 23.3 Å². The number of hydrogen-bond donors (Lipinski definition) is 1. The van der Waals surface area contributed by atoms with E-state index >= 15 is 0 Å². The van der Waals surface area contributed by atoms with Crippen molar-refractivity contribution in [3.8, 4) is 6.07 Å². The Morgan fingerprint density at radius 3 is 2.73 bits per heavy atom. The number of nitrogens with two attached hydrogens (primary N) is 1. The average Bonchev–Trinajstić information content (AvgIpc) is 2.52. The third-order valence-electron chi connectivity index (χ3n) is 4.58. The summed E-state index contributed by atoms with van der Waals surface area (Å²) < 4.78 is 5.59. The van der Waals surface area contributed by atoms with Crippen molar-refractivity contribution in [2.24, 2.45) is 11.1 Å². The van der Waals surface area contributed by atoms with E-state index in [1.54, 1.807) is 0 Å². The minimum absolute atomic E-state index is 0.0270. The van der Waals surface area contributed by atoms with Gasteiger partial charge in [-0.05, 0) is 17.0 Å². The first-order valence-corrected chi connectivity index (χ1v) is 8.30. The predicted molar refractivity (Wildman–Crippen MR) is 93.8 cm³/mol. The Balaban J connectivity index is 2.25. The quantitative estimate of drug-likeness (QED) is 0.623. The number of nitro groups is 1. The molecular weight excluding hydrogens is 358 g/mol. The van der Waals surface area contributed by atoms with Crippen LogP contribution in [0.3, 0.4) is 0 Å². The van der Waals surface area contributed by atoms with Crippen molar-refractivity contribution in [2.75, 3.05) is 0 Å². The molecule has 0 aromatic heterocycles. The van der Waals surface area contributed by atoms with Crippen LogP contribution in [0.15, 0.2) is 41.0 Å². The van der Waals surface area contributed by atoms with Gasteiger partial charge in [-0.3, -0.25) is 14.9 Å². The van der Waals surface area contributed by atoms with E-state index in [1.807, 2.05) is 19.9 Å². The lowest BCUT2D eigenvalue weighted by Gasteiger charge is -2.37. The molecule has 1 aromatic rings. The summed E-state index contributed by atoms with van der Waals surface area (Å²) in [6, 6.07) is 5.90. The standard InChI is InChI=1S/C18H16ClN3O4/c1-18(2)6-13(23)16-14(7-18)26-17(21)11(8-20)15(16)10-5-9(22(24)25)3-4-12(10)19/h3-5,15H,6-7,21H2,1-2H3. The van der Waals surface area contributed by atoms with Gasteiger partial charge in [0.2, 0.25) is 5.88 Å². The summed E-state index contributed by atoms with van der Waals surface area (Å²) in [5.41, 5.74) is 6.05. The molecule has 3 rings (SSSR count). The smallest absolute Gasteiger partial charge is 0.269 e. The normalized spacial score (nSPS) is 21.8. The molecule has 0 spiro atoms. The maximum Gasteiger partial charge on any atom is 0.269 e. The molecule has 7 nitrogen and oxygen atoms in total. The van der Waals surface area contributed by atoms with Gasteiger partial charge in [0.15, 0.2) is 5.78 Å². The van der Waals surface area contributed by atoms with Gasteiger partial charge < -0.3 is 10.5 Å². The molecule has 2 N–H and O–H groups in total. The number of nitriles is 1. The molecule has 1 unspecified atom stereocenters. The number of rotatable bonds is 2. The first-order valence-electron chi connectivity index (χ1n) is 7.92. The minimum atomic E-state index is -0.875. The third-order valence-corrected chi connectivity index (χ3v) is 4.92. The summed E-state index contributed by atoms with van der Waals surface area (Å²) in [4.78, 5) is 23.4. The zero-order valence-electron chi connectivity index (χ0n) is 14.2. The van der Waals surface area contributed by atoms with Gasteiger partial charge in [0, 0.05) is 35.6 Å². The fourth-order valence-corrected chi connectivity index (χ4v) is 3.69. The number of nitrogens with zero attached hydrogens (tertiary/aromatic N) is 2. The van der Waals surface area contributed by atoms with Crippen LogP contribution in [0.4, 0.5) is 5.69 Å². The zero-order chi connectivity index (χ0) is 19.2. The molecule has 0 radical (unpaired) electrons. The van der Waals surface area contributed by atoms with Gasteiger partial charge in [0.25, 0.3) is 5.69 Å². The van der Waals surface area contributed by atoms with Gasteiger partial charge in [-0.2, -0.15) is 5.26 Å². The van der Waals surface area contributed by atoms with Crippen LogP contribution in [0.2, 0.25) is 5.02 Å². The van der Waals surface area contributed by atoms with Crippen molar-refractivity contribution in [3.05, 3.63) is 61.7 Å². The lowest BCUT2D eigenvalue weighted by atomic mass is 9.70. The summed E-state index contributed by atoms with van der Waals surface area (Å²) in [6.45, 7) is 3.88. The number of non-ortho nitro benzene ring substituents is 1. The Morgan fingerprint density at radius 1 is 1.42 bits per heavy atom. The van der Waals surface area contributed by atoms with Crippen molar-refractivity contribution < 1.29 is 14.5 Å². The summed E-state index contributed by atoms with van der Waals surface area (Å²) in [5, 5.41) is 20.9. The zero-order valence-corrected chi connectivity index (χ0v) is 15.0. The van der Waals surface area contributed by atoms with E-state index in [-0.39, 0.29) is 39.8 Å². The fourth-order valence-electron chi connectivity index (χ4n) is 3.46. The van der Waals surface area contributed by atoms with E-state index < -0.39 is 10.8 Å². The fraction of sp³-hybridized carbons (Fsp3) is 0.333. The Kier molecular flexibility index (Phi) is 4.24. The predicted octanol–water partition coefficient (Wildman–Crippen LogP) is 3.70. The molecule has 0 saturated carbocycles. The van der Waals surface area contributed by atoms with Gasteiger partial charge in [-0.15, -0.1) is 0 Å². The molecule has 0 bridgehead atoms. The Bertz CT molecular complexity index is 940. The van der Waals surface area contributed by atoms with Gasteiger partial charge in [-0.1, -0.05) is 25.4 Å². The number of allylic oxidation sites excluding steroid dienone is 3. The number of hydrogen-bond acceptors (Lipinski definition) is 6. The van der Waals surface area contributed by atoms with Crippen LogP contribution in [-0.2, 0) is 9.53 Å². The molecule has 134 valence electrons. The molecule has 0 fully saturated rings. The number of ether oxygens (including phenoxy) is 1. The molecule has 26 heavy (non-hydrogen) atoms. The Hall–Kier alpha value is -2.85. The Morgan fingerprint density at radius 2 is 2.12 bits per heavy atom. The van der Waals surface area contributed by atoms with Crippen molar-refractivity contribution in [1.29, 1.82) is 5.26 Å². The van der Waals surface area contributed by atoms with Crippen LogP contribution in [-0.4, -0.2) is 10.7 Å². The van der Waals surface area contributed by atoms with E-state index in [1.165, 1.54) is 18.2 Å². The third kappa shape index (κ3) is 2.93. The molecule has 0 saturated heterocycles. The van der Waals surface area contributed by atoms with E-state index in [9.17, 15) is 20.2 Å². The minimum Gasteiger partial charge on any atom is -0.444 e. The molecule has 8 heteroatoms. The van der Waals surface area contributed by atoms with Crippen LogP contribution in [0.25, 0.3) is 0 Å². The number of halogens is 1. The second-order valence-corrected chi connectivity index (χ2v) is 7.57. The second kappa shape index (κ2) is 6.15. The van der Waals surface area contributed by atoms with Gasteiger partial charge in [0.1, 0.15) is 17.4 Å². The molecule has 1 aliphatic carbocycles. The van der Waals surface area contributed by atoms with Crippen molar-refractivity contribution >= 4 is 23.1 Å². The number of Topliss-reactive ketones (excluding diaryl/α,β-unsaturated/α-hetero) is 1. The van der Waals surface area contributed by atoms with Crippen LogP contribution >= 0.6 is 11.6 Å². The SMILES string of the molecule is CC1(C)CC(=O)C2=C(C1)OC(N)=C(C#N)C2c1cc([N+](=O)[O-])ccc1Cl. The van der Waals surface area contributed by atoms with Gasteiger partial charge in [0.05, 0.1) is 10.8 Å². The Labute approximate surface area is 154 Å². The lowest BCUT2D eigenvalue weighted by molar-refractivity contribution is -0.384. The largest absolute Gasteiger partial charge is 0.444 e. The summed E-state index contributed by atoms with van der Waals surface area (Å²) >= 11 is 6.27. The molecule has 1 atom stereocenters. The highest BCUT2D eigenvalue weighted by Crippen LogP contribution is 2.49. The van der Waals surface area contributed by atoms with Crippen LogP contribution in [0.1, 0.15) is 38.2 Å². The summed E-state index contributed by atoms with van der Waals surface area (Å²) in [7, 11) is 0. The molecule has 2 aliphatic rings. The maximum absolute atomic E-state index is 12.8. The first-order chi connectivity index (χ1) is 12.1. The second-order valence-electron chi connectivity index (χ2n) is 7.17. The number of nitro benzene ring substituents is 1. The summed E-state index contributed by atoms with van der Waals surface area (Å²) in [5.74, 6) is -0.761. The molecule has 1 aliphatic heterocycles. The van der Waals surface area contributed by atoms with Crippen molar-refractivity contribution in [1.82, 2.24) is 0 Å². The number of carbonyl (C=O) groups is 1. The van der Waals surface area contributed by atoms with E-state index in [0.717, 1.165) is 0 Å². The summed E-state index contributed by atoms with van der Waals surface area (Å²) in [6.07, 6.45) is 0.743. The molecule has 1 aromatic carbocycles. The van der Waals surface area contributed by atoms with E-state index in [2.05, 4.69) is 0 Å². The molecule has 1 heterocycles. The molecule has 0 amide bonds. The van der Waals surface area contributed by atoms with Crippen LogP contribution in [0, 0.1) is 26.9 Å². The maximum atomic E-state index is 12.8. The topological polar surface area (TPSA) is 119 Å². The number of ketones is 1. The highest BCUT2D eigenvalue weighted by atomic mass is 35.5. The highest BCUT2D eigenvalue weighted by molar-refractivity contribution is 6.31. The van der Waals surface area contributed by atoms with Crippen molar-refractivity contribution in [3.63, 3.8) is 0 Å². The monoisotopic (exact) mass is 373 g/mol. The number of carbonyl (C=O) groups excluding carboxylic acids is 1. The van der Waals surface area contributed by atoms with Crippen LogP contribution < -0.4 is 5.73 Å². The highest BCUT2D eigenvalue weighted by Gasteiger charge is 2.43.